The molecule has 9 rings (SSSR count). The van der Waals surface area contributed by atoms with Crippen LogP contribution in [0.15, 0.2) is 72.8 Å². The van der Waals surface area contributed by atoms with Crippen molar-refractivity contribution in [2.75, 3.05) is 0 Å². The molecule has 0 aliphatic carbocycles. The molecule has 9 aromatic rings. The normalized spacial score (nSPS) is 12.7. The van der Waals surface area contributed by atoms with Crippen molar-refractivity contribution in [2.45, 2.75) is 85.5 Å². The van der Waals surface area contributed by atoms with Gasteiger partial charge in [-0.25, -0.2) is 52.7 Å². The first-order valence-electron chi connectivity index (χ1n) is 26.5. The van der Waals surface area contributed by atoms with Crippen molar-refractivity contribution in [1.29, 1.82) is 0 Å². The van der Waals surface area contributed by atoms with Crippen molar-refractivity contribution in [3.8, 4) is 17.2 Å². The van der Waals surface area contributed by atoms with Crippen LogP contribution in [0, 0.1) is 96.5 Å². The number of hydrogen-bond donors (Lipinski definition) is 2. The summed E-state index contributed by atoms with van der Waals surface area (Å²) in [5.74, 6) is -37.5. The lowest BCUT2D eigenvalue weighted by molar-refractivity contribution is -0.138. The minimum atomic E-state index is -1.99. The molecule has 13 nitrogen and oxygen atoms in total. The van der Waals surface area contributed by atoms with E-state index in [9.17, 15) is 65.3 Å². The molecule has 0 spiro atoms. The number of phenolic OH excluding ortho intramolecular Hbond substituents is 1. The average molecular weight is 1220 g/mol. The van der Waals surface area contributed by atoms with Gasteiger partial charge in [0.1, 0.15) is 0 Å². The molecule has 0 aliphatic rings. The van der Waals surface area contributed by atoms with Crippen LogP contribution in [0.3, 0.4) is 0 Å². The van der Waals surface area contributed by atoms with Crippen LogP contribution in [0.4, 0.5) is 52.7 Å². The number of aromatic nitrogens is 3. The van der Waals surface area contributed by atoms with Crippen molar-refractivity contribution in [3.05, 3.63) is 193 Å². The monoisotopic (exact) mass is 1220 g/mol. The molecule has 0 saturated carbocycles. The molecule has 3 aromatic heterocycles. The van der Waals surface area contributed by atoms with Crippen molar-refractivity contribution in [1.82, 2.24) is 13.7 Å². The molecule has 452 valence electrons. The summed E-state index contributed by atoms with van der Waals surface area (Å²) in [5, 5.41) is 17.9. The van der Waals surface area contributed by atoms with E-state index in [1.807, 2.05) is 0 Å². The number of carbonyl (C=O) groups is 6. The van der Waals surface area contributed by atoms with Gasteiger partial charge in [0.2, 0.25) is 11.5 Å². The van der Waals surface area contributed by atoms with E-state index >= 15 is 26.3 Å². The first kappa shape index (κ1) is 61.9. The number of phenols is 1. The summed E-state index contributed by atoms with van der Waals surface area (Å²) in [6, 6.07) is 7.03. The summed E-state index contributed by atoms with van der Waals surface area (Å²) in [6.07, 6.45) is -1.37. The number of carboxylic acids is 1. The number of unbranched alkanes of at least 4 members (excludes halogenated alkanes) is 1. The molecule has 25 heteroatoms. The fourth-order valence-corrected chi connectivity index (χ4v) is 11.0. The van der Waals surface area contributed by atoms with Crippen LogP contribution in [-0.4, -0.2) is 59.5 Å². The van der Waals surface area contributed by atoms with Crippen molar-refractivity contribution in [2.24, 2.45) is 5.92 Å². The SMILES string of the molecule is CCCCC(C(=O)Oc1c(F)cc2c(c1F)c(CC(=O)O)c(C)n2C(=O)c1ccc(F)c(F)c1)c1c(C)n(C(=O)c2ccc(F)c(F)c2)c2cc(F)c(OC(=O)C(c3c(C)n(C(=O)c4ccc(F)c(F)c4)c4cc(F)c(O)c(F)c34)C(C)CC)c(F)c12. The second kappa shape index (κ2) is 23.6. The number of halogens is 12. The minimum absolute atomic E-state index is 0.0211. The summed E-state index contributed by atoms with van der Waals surface area (Å²) in [5.41, 5.74) is -6.68. The molecule has 3 atom stereocenters. The fourth-order valence-electron chi connectivity index (χ4n) is 11.0. The van der Waals surface area contributed by atoms with Gasteiger partial charge in [-0.3, -0.25) is 42.5 Å². The summed E-state index contributed by atoms with van der Waals surface area (Å²) in [4.78, 5) is 84.4. The Balaban J connectivity index is 1.22. The maximum absolute atomic E-state index is 18.0. The van der Waals surface area contributed by atoms with Gasteiger partial charge in [0.15, 0.2) is 75.6 Å². The second-order valence-electron chi connectivity index (χ2n) is 20.5. The first-order valence-corrected chi connectivity index (χ1v) is 26.5. The Hall–Kier alpha value is -9.68. The van der Waals surface area contributed by atoms with E-state index in [4.69, 9.17) is 9.47 Å². The number of carboxylic acid groups (broad SMARTS) is 1. The fraction of sp³-hybridized carbons (Fsp3) is 0.226. The van der Waals surface area contributed by atoms with Gasteiger partial charge in [-0.05, 0) is 104 Å². The molecule has 87 heavy (non-hydrogen) atoms. The molecule has 0 bridgehead atoms. The molecule has 0 fully saturated rings. The number of ether oxygens (including phenoxy) is 2. The summed E-state index contributed by atoms with van der Waals surface area (Å²) >= 11 is 0. The summed E-state index contributed by atoms with van der Waals surface area (Å²) in [6.45, 7) is 7.82. The molecule has 0 saturated heterocycles. The highest BCUT2D eigenvalue weighted by Crippen LogP contribution is 2.46. The van der Waals surface area contributed by atoms with Gasteiger partial charge in [0.25, 0.3) is 17.7 Å². The Kier molecular flexibility index (Phi) is 16.8. The van der Waals surface area contributed by atoms with E-state index in [-0.39, 0.29) is 25.0 Å². The molecule has 0 amide bonds. The third-order valence-electron chi connectivity index (χ3n) is 15.4. The number of nitrogens with zero attached hydrogens (tertiary/aromatic N) is 3. The van der Waals surface area contributed by atoms with Crippen molar-refractivity contribution < 1.29 is 101 Å². The summed E-state index contributed by atoms with van der Waals surface area (Å²) in [7, 11) is 0. The van der Waals surface area contributed by atoms with Crippen LogP contribution >= 0.6 is 0 Å². The highest BCUT2D eigenvalue weighted by atomic mass is 19.2. The van der Waals surface area contributed by atoms with Crippen LogP contribution in [0.2, 0.25) is 0 Å². The maximum Gasteiger partial charge on any atom is 0.319 e. The zero-order valence-corrected chi connectivity index (χ0v) is 46.2. The topological polar surface area (TPSA) is 176 Å². The van der Waals surface area contributed by atoms with Gasteiger partial charge in [-0.1, -0.05) is 40.0 Å². The predicted molar refractivity (Wildman–Crippen MR) is 287 cm³/mol. The Morgan fingerprint density at radius 3 is 1.33 bits per heavy atom. The average Bonchev–Trinajstić information content (AvgIpc) is 1.63. The third kappa shape index (κ3) is 10.6. The number of benzene rings is 6. The van der Waals surface area contributed by atoms with E-state index in [1.54, 1.807) is 6.92 Å². The molecule has 0 aliphatic heterocycles. The van der Waals surface area contributed by atoms with Crippen LogP contribution in [0.5, 0.6) is 17.2 Å². The Morgan fingerprint density at radius 2 is 0.897 bits per heavy atom. The molecular formula is C62H45F12N3O10. The maximum atomic E-state index is 18.0. The molecule has 3 unspecified atom stereocenters. The quantitative estimate of drug-likeness (QED) is 0.0538. The number of carbonyl (C=O) groups excluding carboxylic acids is 5. The number of rotatable bonds is 16. The smallest absolute Gasteiger partial charge is 0.319 e. The van der Waals surface area contributed by atoms with Crippen molar-refractivity contribution >= 4 is 68.3 Å². The third-order valence-corrected chi connectivity index (χ3v) is 15.4. The highest BCUT2D eigenvalue weighted by Gasteiger charge is 2.41. The second-order valence-corrected chi connectivity index (χ2v) is 20.5. The molecule has 3 heterocycles. The standard InChI is InChI=1S/C62H45F12N3O10/c1-7-9-10-31(61(84)86-56-40(70)22-42-49(53(56)73)32(20-45(78)79)25(4)75(42)58(81)28-11-14-33(63)36(66)17-28)47-26(5)76(59(82)29-12-15-34(64)37(67)18-29)44-23-41(71)57(54(74)50(44)47)87-62(85)46(24(3)8-2)48-27(6)77(43-21-39(69)55(80)52(72)51(43)48)60(83)30-13-16-35(65)38(68)19-30/h11-19,21-24,31,46,80H,7-10,20H2,1-6H3,(H,78,79). The number of fused-ring (bicyclic) bond motifs is 3. The largest absolute Gasteiger partial charge is 0.503 e. The number of aromatic hydroxyl groups is 1. The van der Waals surface area contributed by atoms with Crippen LogP contribution in [-0.2, 0) is 20.8 Å². The first-order chi connectivity index (χ1) is 41.1. The minimum Gasteiger partial charge on any atom is -0.503 e. The number of esters is 2. The lowest BCUT2D eigenvalue weighted by Gasteiger charge is -2.23. The van der Waals surface area contributed by atoms with E-state index < -0.39 is 231 Å². The van der Waals surface area contributed by atoms with Crippen LogP contribution in [0.25, 0.3) is 32.7 Å². The van der Waals surface area contributed by atoms with Crippen molar-refractivity contribution in [3.63, 3.8) is 0 Å². The zero-order chi connectivity index (χ0) is 63.7. The molecule has 6 aromatic carbocycles. The number of aliphatic carboxylic acids is 1. The van der Waals surface area contributed by atoms with E-state index in [1.165, 1.54) is 13.8 Å². The Bertz CT molecular complexity index is 4450. The summed E-state index contributed by atoms with van der Waals surface area (Å²) < 4.78 is 199. The highest BCUT2D eigenvalue weighted by molar-refractivity contribution is 6.08. The Labute approximate surface area is 483 Å². The molecule has 0 radical (unpaired) electrons. The Morgan fingerprint density at radius 1 is 0.494 bits per heavy atom. The van der Waals surface area contributed by atoms with E-state index in [0.29, 0.717) is 68.3 Å². The molecule has 2 N–H and O–H groups in total. The molecular weight excluding hydrogens is 1170 g/mol. The van der Waals surface area contributed by atoms with E-state index in [0.717, 1.165) is 39.0 Å². The van der Waals surface area contributed by atoms with Gasteiger partial charge in [-0.2, -0.15) is 0 Å². The van der Waals surface area contributed by atoms with E-state index in [2.05, 4.69) is 0 Å². The van der Waals surface area contributed by atoms with Gasteiger partial charge in [-0.15, -0.1) is 0 Å². The number of hydrogen-bond acceptors (Lipinski definition) is 9. The lowest BCUT2D eigenvalue weighted by Crippen LogP contribution is -2.26. The predicted octanol–water partition coefficient (Wildman–Crippen LogP) is 14.2. The zero-order valence-electron chi connectivity index (χ0n) is 46.2. The van der Waals surface area contributed by atoms with Gasteiger partial charge in [0.05, 0.1) is 34.8 Å². The van der Waals surface area contributed by atoms with Gasteiger partial charge < -0.3 is 19.7 Å². The van der Waals surface area contributed by atoms with Gasteiger partial charge >= 0.3 is 17.9 Å². The lowest BCUT2D eigenvalue weighted by atomic mass is 9.84. The van der Waals surface area contributed by atoms with Crippen LogP contribution in [0.1, 0.15) is 123 Å². The van der Waals surface area contributed by atoms with Gasteiger partial charge in [0, 0.05) is 68.1 Å². The van der Waals surface area contributed by atoms with Crippen LogP contribution < -0.4 is 9.47 Å².